The van der Waals surface area contributed by atoms with Crippen molar-refractivity contribution in [2.75, 3.05) is 11.9 Å². The van der Waals surface area contributed by atoms with Crippen LogP contribution in [0.15, 0.2) is 22.8 Å². The summed E-state index contributed by atoms with van der Waals surface area (Å²) in [7, 11) is 1.81. The largest absolute Gasteiger partial charge is 0.300 e. The lowest BCUT2D eigenvalue weighted by atomic mass is 9.87. The minimum absolute atomic E-state index is 0.174. The number of hydrogen-bond acceptors (Lipinski definition) is 2. The minimum atomic E-state index is 0.174. The highest BCUT2D eigenvalue weighted by molar-refractivity contribution is 9.10. The van der Waals surface area contributed by atoms with Gasteiger partial charge in [0.15, 0.2) is 0 Å². The van der Waals surface area contributed by atoms with Gasteiger partial charge in [-0.15, -0.1) is 0 Å². The molecule has 1 fully saturated rings. The van der Waals surface area contributed by atoms with Crippen molar-refractivity contribution in [1.82, 2.24) is 4.98 Å². The van der Waals surface area contributed by atoms with E-state index >= 15 is 0 Å². The fourth-order valence-electron chi connectivity index (χ4n) is 2.48. The van der Waals surface area contributed by atoms with Crippen LogP contribution in [0.1, 0.15) is 38.5 Å². The Hall–Kier alpha value is -0.900. The third-order valence-electron chi connectivity index (χ3n) is 3.61. The molecule has 98 valence electrons. The third-order valence-corrected chi connectivity index (χ3v) is 4.11. The molecular formula is C14H19BrN2O. The molecule has 0 aliphatic heterocycles. The summed E-state index contributed by atoms with van der Waals surface area (Å²) in [5, 5.41) is 0. The summed E-state index contributed by atoms with van der Waals surface area (Å²) in [5.41, 5.74) is 0. The van der Waals surface area contributed by atoms with Crippen LogP contribution in [0, 0.1) is 5.92 Å². The standard InChI is InChI=1S/C14H19BrN2O/c1-17(13-10-12(15)7-8-16-13)14(18)9-11-5-3-2-4-6-11/h7-8,10-11H,2-6,9H2,1H3. The summed E-state index contributed by atoms with van der Waals surface area (Å²) < 4.78 is 0.949. The summed E-state index contributed by atoms with van der Waals surface area (Å²) in [6.45, 7) is 0. The van der Waals surface area contributed by atoms with Crippen molar-refractivity contribution in [2.24, 2.45) is 5.92 Å². The number of carbonyl (C=O) groups is 1. The van der Waals surface area contributed by atoms with Crippen molar-refractivity contribution in [3.63, 3.8) is 0 Å². The molecule has 1 amide bonds. The Morgan fingerprint density at radius 1 is 1.44 bits per heavy atom. The zero-order chi connectivity index (χ0) is 13.0. The molecule has 1 aromatic rings. The second kappa shape index (κ2) is 6.32. The number of amides is 1. The Kier molecular flexibility index (Phi) is 4.75. The molecule has 0 bridgehead atoms. The van der Waals surface area contributed by atoms with E-state index in [2.05, 4.69) is 20.9 Å². The lowest BCUT2D eigenvalue weighted by Crippen LogP contribution is -2.29. The van der Waals surface area contributed by atoms with Gasteiger partial charge in [-0.2, -0.15) is 0 Å². The molecule has 0 aromatic carbocycles. The number of hydrogen-bond donors (Lipinski definition) is 0. The van der Waals surface area contributed by atoms with Crippen LogP contribution < -0.4 is 4.90 Å². The fraction of sp³-hybridized carbons (Fsp3) is 0.571. The zero-order valence-corrected chi connectivity index (χ0v) is 12.3. The van der Waals surface area contributed by atoms with E-state index in [9.17, 15) is 4.79 Å². The van der Waals surface area contributed by atoms with Crippen molar-refractivity contribution in [2.45, 2.75) is 38.5 Å². The molecule has 3 nitrogen and oxygen atoms in total. The summed E-state index contributed by atoms with van der Waals surface area (Å²) in [5.74, 6) is 1.46. The lowest BCUT2D eigenvalue weighted by Gasteiger charge is -2.23. The monoisotopic (exact) mass is 310 g/mol. The van der Waals surface area contributed by atoms with Crippen molar-refractivity contribution in [1.29, 1.82) is 0 Å². The van der Waals surface area contributed by atoms with Crippen LogP contribution in [0.25, 0.3) is 0 Å². The van der Waals surface area contributed by atoms with Gasteiger partial charge in [0.25, 0.3) is 0 Å². The molecule has 1 aliphatic rings. The van der Waals surface area contributed by atoms with Crippen LogP contribution in [-0.4, -0.2) is 17.9 Å². The Morgan fingerprint density at radius 3 is 2.83 bits per heavy atom. The molecule has 0 unspecified atom stereocenters. The van der Waals surface area contributed by atoms with Crippen molar-refractivity contribution < 1.29 is 4.79 Å². The first-order chi connectivity index (χ1) is 8.66. The van der Waals surface area contributed by atoms with E-state index < -0.39 is 0 Å². The van der Waals surface area contributed by atoms with Crippen molar-refractivity contribution in [3.05, 3.63) is 22.8 Å². The first-order valence-corrected chi connectivity index (χ1v) is 7.34. The van der Waals surface area contributed by atoms with Crippen LogP contribution in [0.4, 0.5) is 5.82 Å². The predicted octanol–water partition coefficient (Wildman–Crippen LogP) is 3.78. The number of rotatable bonds is 3. The van der Waals surface area contributed by atoms with Crippen molar-refractivity contribution in [3.8, 4) is 0 Å². The average molecular weight is 311 g/mol. The van der Waals surface area contributed by atoms with E-state index in [4.69, 9.17) is 0 Å². The van der Waals surface area contributed by atoms with Gasteiger partial charge in [0, 0.05) is 24.1 Å². The molecule has 18 heavy (non-hydrogen) atoms. The molecule has 0 spiro atoms. The summed E-state index contributed by atoms with van der Waals surface area (Å²) in [6.07, 6.45) is 8.65. The normalized spacial score (nSPS) is 16.6. The summed E-state index contributed by atoms with van der Waals surface area (Å²) in [4.78, 5) is 18.1. The molecule has 1 saturated carbocycles. The summed E-state index contributed by atoms with van der Waals surface area (Å²) >= 11 is 3.40. The second-order valence-electron chi connectivity index (χ2n) is 4.99. The number of nitrogens with zero attached hydrogens (tertiary/aromatic N) is 2. The van der Waals surface area contributed by atoms with Gasteiger partial charge in [-0.25, -0.2) is 4.98 Å². The van der Waals surface area contributed by atoms with Crippen LogP contribution in [0.2, 0.25) is 0 Å². The van der Waals surface area contributed by atoms with Crippen LogP contribution >= 0.6 is 15.9 Å². The van der Waals surface area contributed by atoms with Gasteiger partial charge in [0.1, 0.15) is 5.82 Å². The zero-order valence-electron chi connectivity index (χ0n) is 10.7. The Bertz CT molecular complexity index is 416. The SMILES string of the molecule is CN(C(=O)CC1CCCCC1)c1cc(Br)ccn1. The van der Waals surface area contributed by atoms with E-state index in [0.29, 0.717) is 18.2 Å². The van der Waals surface area contributed by atoms with Crippen molar-refractivity contribution >= 4 is 27.7 Å². The molecule has 1 heterocycles. The van der Waals surface area contributed by atoms with E-state index in [1.165, 1.54) is 32.1 Å². The lowest BCUT2D eigenvalue weighted by molar-refractivity contribution is -0.119. The van der Waals surface area contributed by atoms with Gasteiger partial charge in [0.05, 0.1) is 0 Å². The maximum atomic E-state index is 12.2. The first-order valence-electron chi connectivity index (χ1n) is 6.55. The first kappa shape index (κ1) is 13.5. The van der Waals surface area contributed by atoms with E-state index in [1.54, 1.807) is 18.1 Å². The van der Waals surface area contributed by atoms with Crippen LogP contribution in [0.3, 0.4) is 0 Å². The smallest absolute Gasteiger partial charge is 0.228 e. The van der Waals surface area contributed by atoms with Gasteiger partial charge in [0.2, 0.25) is 5.91 Å². The quantitative estimate of drug-likeness (QED) is 0.851. The molecule has 1 aromatic heterocycles. The molecule has 0 radical (unpaired) electrons. The average Bonchev–Trinajstić information content (AvgIpc) is 2.39. The van der Waals surface area contributed by atoms with E-state index in [0.717, 1.165) is 4.47 Å². The number of carbonyl (C=O) groups excluding carboxylic acids is 1. The molecule has 0 atom stereocenters. The maximum Gasteiger partial charge on any atom is 0.228 e. The predicted molar refractivity (Wildman–Crippen MR) is 76.5 cm³/mol. The highest BCUT2D eigenvalue weighted by atomic mass is 79.9. The number of aromatic nitrogens is 1. The fourth-order valence-corrected chi connectivity index (χ4v) is 2.80. The Balaban J connectivity index is 1.95. The highest BCUT2D eigenvalue weighted by Gasteiger charge is 2.20. The number of anilines is 1. The van der Waals surface area contributed by atoms with Gasteiger partial charge in [-0.1, -0.05) is 35.2 Å². The topological polar surface area (TPSA) is 33.2 Å². The molecular weight excluding hydrogens is 292 g/mol. The molecule has 0 N–H and O–H groups in total. The van der Waals surface area contributed by atoms with Gasteiger partial charge >= 0.3 is 0 Å². The molecule has 1 aliphatic carbocycles. The van der Waals surface area contributed by atoms with Crippen LogP contribution in [-0.2, 0) is 4.79 Å². The van der Waals surface area contributed by atoms with Gasteiger partial charge in [-0.3, -0.25) is 9.69 Å². The number of halogens is 1. The Morgan fingerprint density at radius 2 is 2.17 bits per heavy atom. The number of pyridine rings is 1. The van der Waals surface area contributed by atoms with E-state index in [-0.39, 0.29) is 5.91 Å². The van der Waals surface area contributed by atoms with Gasteiger partial charge in [-0.05, 0) is 30.9 Å². The minimum Gasteiger partial charge on any atom is -0.300 e. The Labute approximate surface area is 117 Å². The second-order valence-corrected chi connectivity index (χ2v) is 5.91. The molecule has 4 heteroatoms. The van der Waals surface area contributed by atoms with Crippen LogP contribution in [0.5, 0.6) is 0 Å². The van der Waals surface area contributed by atoms with Gasteiger partial charge < -0.3 is 0 Å². The summed E-state index contributed by atoms with van der Waals surface area (Å²) in [6, 6.07) is 3.74. The molecule has 2 rings (SSSR count). The third kappa shape index (κ3) is 3.55. The maximum absolute atomic E-state index is 12.2. The van der Waals surface area contributed by atoms with E-state index in [1.807, 2.05) is 12.1 Å². The molecule has 0 saturated heterocycles. The highest BCUT2D eigenvalue weighted by Crippen LogP contribution is 2.27.